The van der Waals surface area contributed by atoms with E-state index >= 15 is 0 Å². The highest BCUT2D eigenvalue weighted by atomic mass is 16.5. The molecule has 0 aliphatic carbocycles. The van der Waals surface area contributed by atoms with Gasteiger partial charge in [0.2, 0.25) is 0 Å². The maximum atomic E-state index is 12.6. The number of anilines is 1. The van der Waals surface area contributed by atoms with Crippen LogP contribution in [-0.2, 0) is 19.1 Å². The largest absolute Gasteiger partial charge is 0.463 e. The molecular weight excluding hydrogens is 354 g/mol. The van der Waals surface area contributed by atoms with E-state index in [4.69, 9.17) is 9.47 Å². The van der Waals surface area contributed by atoms with Crippen LogP contribution in [0.4, 0.5) is 5.69 Å². The van der Waals surface area contributed by atoms with Crippen LogP contribution in [0.3, 0.4) is 0 Å². The smallest absolute Gasteiger partial charge is 0.336 e. The van der Waals surface area contributed by atoms with Crippen LogP contribution < -0.4 is 4.90 Å². The lowest BCUT2D eigenvalue weighted by atomic mass is 9.95. The Kier molecular flexibility index (Phi) is 5.83. The molecule has 0 radical (unpaired) electrons. The molecule has 2 aromatic carbocycles. The normalized spacial score (nSPS) is 14.5. The van der Waals surface area contributed by atoms with Crippen molar-refractivity contribution in [3.63, 3.8) is 0 Å². The highest BCUT2D eigenvalue weighted by Crippen LogP contribution is 2.39. The Balaban J connectivity index is 2.22. The summed E-state index contributed by atoms with van der Waals surface area (Å²) in [7, 11) is 0. The molecule has 5 heteroatoms. The van der Waals surface area contributed by atoms with Crippen LogP contribution in [0.5, 0.6) is 0 Å². The topological polar surface area (TPSA) is 55.8 Å². The van der Waals surface area contributed by atoms with Crippen molar-refractivity contribution in [3.8, 4) is 0 Å². The number of ether oxygens (including phenoxy) is 2. The summed E-state index contributed by atoms with van der Waals surface area (Å²) >= 11 is 0. The Labute approximate surface area is 165 Å². The summed E-state index contributed by atoms with van der Waals surface area (Å²) < 4.78 is 10.5. The summed E-state index contributed by atoms with van der Waals surface area (Å²) in [6, 6.07) is 14.0. The lowest BCUT2D eigenvalue weighted by molar-refractivity contribution is -0.139. The number of carbonyl (C=O) groups is 2. The van der Waals surface area contributed by atoms with Crippen molar-refractivity contribution in [2.75, 3.05) is 18.1 Å². The van der Waals surface area contributed by atoms with Crippen LogP contribution in [0.15, 0.2) is 65.0 Å². The average molecular weight is 379 g/mol. The van der Waals surface area contributed by atoms with E-state index in [9.17, 15) is 9.59 Å². The molecule has 1 aliphatic rings. The minimum atomic E-state index is -0.403. The molecule has 2 aromatic rings. The van der Waals surface area contributed by atoms with E-state index in [1.807, 2.05) is 61.2 Å². The average Bonchev–Trinajstić information content (AvgIpc) is 2.68. The van der Waals surface area contributed by atoms with Gasteiger partial charge in [0.15, 0.2) is 0 Å². The summed E-state index contributed by atoms with van der Waals surface area (Å²) in [4.78, 5) is 27.2. The predicted octanol–water partition coefficient (Wildman–Crippen LogP) is 4.72. The molecule has 3 rings (SSSR count). The maximum absolute atomic E-state index is 12.6. The number of esters is 2. The zero-order valence-corrected chi connectivity index (χ0v) is 16.7. The van der Waals surface area contributed by atoms with Gasteiger partial charge >= 0.3 is 11.9 Å². The first-order valence-corrected chi connectivity index (χ1v) is 9.51. The van der Waals surface area contributed by atoms with Gasteiger partial charge in [-0.15, -0.1) is 0 Å². The van der Waals surface area contributed by atoms with Gasteiger partial charge in [-0.25, -0.2) is 9.59 Å². The van der Waals surface area contributed by atoms with Gasteiger partial charge < -0.3 is 14.4 Å². The molecule has 1 aliphatic heterocycles. The van der Waals surface area contributed by atoms with Crippen molar-refractivity contribution in [3.05, 3.63) is 65.0 Å². The predicted molar refractivity (Wildman–Crippen MR) is 110 cm³/mol. The van der Waals surface area contributed by atoms with Gasteiger partial charge in [0.05, 0.1) is 30.0 Å². The van der Waals surface area contributed by atoms with E-state index in [1.165, 1.54) is 0 Å². The van der Waals surface area contributed by atoms with Crippen molar-refractivity contribution >= 4 is 28.4 Å². The Morgan fingerprint density at radius 3 is 1.96 bits per heavy atom. The molecular formula is C23H25NO4. The van der Waals surface area contributed by atoms with Crippen LogP contribution in [0, 0.1) is 0 Å². The monoisotopic (exact) mass is 379 g/mol. The van der Waals surface area contributed by atoms with Gasteiger partial charge in [-0.05, 0) is 39.1 Å². The molecule has 5 nitrogen and oxygen atoms in total. The molecule has 0 saturated heterocycles. The fourth-order valence-corrected chi connectivity index (χ4v) is 3.59. The molecule has 0 bridgehead atoms. The van der Waals surface area contributed by atoms with Gasteiger partial charge in [0.1, 0.15) is 0 Å². The second kappa shape index (κ2) is 8.30. The molecule has 28 heavy (non-hydrogen) atoms. The molecule has 0 N–H and O–H groups in total. The quantitative estimate of drug-likeness (QED) is 0.704. The Morgan fingerprint density at radius 1 is 0.857 bits per heavy atom. The van der Waals surface area contributed by atoms with E-state index < -0.39 is 11.9 Å². The molecule has 0 spiro atoms. The number of rotatable bonds is 5. The lowest BCUT2D eigenvalue weighted by Crippen LogP contribution is -2.31. The third-order valence-corrected chi connectivity index (χ3v) is 4.95. The van der Waals surface area contributed by atoms with Crippen LogP contribution in [0.25, 0.3) is 10.8 Å². The van der Waals surface area contributed by atoms with Gasteiger partial charge in [0, 0.05) is 23.2 Å². The first kappa shape index (κ1) is 19.7. The zero-order valence-electron chi connectivity index (χ0n) is 16.7. The molecule has 0 amide bonds. The molecule has 0 aromatic heterocycles. The second-order valence-corrected chi connectivity index (χ2v) is 6.58. The van der Waals surface area contributed by atoms with Gasteiger partial charge in [0.25, 0.3) is 0 Å². The fourth-order valence-electron chi connectivity index (χ4n) is 3.59. The Morgan fingerprint density at radius 2 is 1.39 bits per heavy atom. The third-order valence-electron chi connectivity index (χ3n) is 4.95. The molecule has 0 atom stereocenters. The van der Waals surface area contributed by atoms with E-state index in [0.717, 1.165) is 27.9 Å². The number of carbonyl (C=O) groups excluding carboxylic acids is 2. The summed E-state index contributed by atoms with van der Waals surface area (Å²) in [5, 5.41) is 2.12. The van der Waals surface area contributed by atoms with Crippen LogP contribution in [0.1, 0.15) is 34.1 Å². The van der Waals surface area contributed by atoms with Gasteiger partial charge in [-0.3, -0.25) is 0 Å². The fraction of sp³-hybridized carbons (Fsp3) is 0.304. The van der Waals surface area contributed by atoms with E-state index in [0.29, 0.717) is 11.1 Å². The standard InChI is InChI=1S/C23H25NO4/c1-5-27-22(25)19-14-20(23(26)28-6-2)16(4)24(15(19)3)21-13-9-11-17-10-7-8-12-18(17)21/h7-13H,5-6,14H2,1-4H3. The van der Waals surface area contributed by atoms with Gasteiger partial charge in [-0.1, -0.05) is 36.4 Å². The number of hydrogen-bond donors (Lipinski definition) is 0. The minimum Gasteiger partial charge on any atom is -0.463 e. The molecule has 146 valence electrons. The third kappa shape index (κ3) is 3.52. The first-order valence-electron chi connectivity index (χ1n) is 9.51. The minimum absolute atomic E-state index is 0.205. The number of fused-ring (bicyclic) bond motifs is 1. The highest BCUT2D eigenvalue weighted by molar-refractivity contribution is 6.01. The second-order valence-electron chi connectivity index (χ2n) is 6.58. The highest BCUT2D eigenvalue weighted by Gasteiger charge is 2.32. The summed E-state index contributed by atoms with van der Waals surface area (Å²) in [6.07, 6.45) is 0.205. The van der Waals surface area contributed by atoms with Crippen LogP contribution >= 0.6 is 0 Å². The molecule has 0 saturated carbocycles. The molecule has 1 heterocycles. The van der Waals surface area contributed by atoms with Crippen molar-refractivity contribution in [2.45, 2.75) is 34.1 Å². The van der Waals surface area contributed by atoms with E-state index in [-0.39, 0.29) is 19.6 Å². The SMILES string of the molecule is CCOC(=O)C1=C(C)N(c2cccc3ccccc23)C(C)=C(C(=O)OCC)C1. The van der Waals surface area contributed by atoms with Crippen LogP contribution in [0.2, 0.25) is 0 Å². The van der Waals surface area contributed by atoms with E-state index in [1.54, 1.807) is 13.8 Å². The number of allylic oxidation sites excluding steroid dienone is 2. The summed E-state index contributed by atoms with van der Waals surface area (Å²) in [6.45, 7) is 7.88. The lowest BCUT2D eigenvalue weighted by Gasteiger charge is -2.34. The summed E-state index contributed by atoms with van der Waals surface area (Å²) in [5.74, 6) is -0.806. The summed E-state index contributed by atoms with van der Waals surface area (Å²) in [5.41, 5.74) is 3.39. The van der Waals surface area contributed by atoms with Crippen molar-refractivity contribution in [2.24, 2.45) is 0 Å². The van der Waals surface area contributed by atoms with E-state index in [2.05, 4.69) is 0 Å². The van der Waals surface area contributed by atoms with Crippen molar-refractivity contribution < 1.29 is 19.1 Å². The first-order chi connectivity index (χ1) is 13.5. The van der Waals surface area contributed by atoms with Crippen LogP contribution in [-0.4, -0.2) is 25.2 Å². The maximum Gasteiger partial charge on any atom is 0.336 e. The van der Waals surface area contributed by atoms with Crippen molar-refractivity contribution in [1.29, 1.82) is 0 Å². The van der Waals surface area contributed by atoms with Gasteiger partial charge in [-0.2, -0.15) is 0 Å². The van der Waals surface area contributed by atoms with Crippen molar-refractivity contribution in [1.82, 2.24) is 0 Å². The Hall–Kier alpha value is -3.08. The number of benzene rings is 2. The Bertz CT molecular complexity index is 942. The number of hydrogen-bond acceptors (Lipinski definition) is 5. The molecule has 0 unspecified atom stereocenters. The number of nitrogens with zero attached hydrogens (tertiary/aromatic N) is 1. The molecule has 0 fully saturated rings. The zero-order chi connectivity index (χ0) is 20.3.